The van der Waals surface area contributed by atoms with Crippen LogP contribution in [0.25, 0.3) is 10.9 Å². The van der Waals surface area contributed by atoms with Crippen LogP contribution in [0, 0.1) is 0 Å². The van der Waals surface area contributed by atoms with Gasteiger partial charge in [0.05, 0.1) is 6.04 Å². The van der Waals surface area contributed by atoms with Crippen molar-refractivity contribution in [3.63, 3.8) is 0 Å². The fourth-order valence-corrected chi connectivity index (χ4v) is 4.07. The van der Waals surface area contributed by atoms with Crippen LogP contribution in [0.1, 0.15) is 36.8 Å². The molecule has 2 N–H and O–H groups in total. The number of carbonyl (C=O) groups is 1. The molecule has 1 fully saturated rings. The molecule has 0 aliphatic carbocycles. The van der Waals surface area contributed by atoms with Crippen LogP contribution >= 0.6 is 0 Å². The van der Waals surface area contributed by atoms with Crippen molar-refractivity contribution in [1.29, 1.82) is 0 Å². The second kappa shape index (κ2) is 7.97. The molecule has 1 aliphatic heterocycles. The average Bonchev–Trinajstić information content (AvgIpc) is 3.39. The van der Waals surface area contributed by atoms with Gasteiger partial charge in [-0.05, 0) is 37.0 Å². The van der Waals surface area contributed by atoms with Crippen LogP contribution in [-0.2, 0) is 4.79 Å². The van der Waals surface area contributed by atoms with Gasteiger partial charge in [-0.15, -0.1) is 0 Å². The Morgan fingerprint density at radius 1 is 1.07 bits per heavy atom. The predicted molar refractivity (Wildman–Crippen MR) is 110 cm³/mol. The van der Waals surface area contributed by atoms with E-state index in [0.29, 0.717) is 0 Å². The molecule has 27 heavy (non-hydrogen) atoms. The third-order valence-electron chi connectivity index (χ3n) is 5.61. The lowest BCUT2D eigenvalue weighted by atomic mass is 9.90. The third kappa shape index (κ3) is 3.76. The maximum Gasteiger partial charge on any atom is 0.239 e. The number of benzene rings is 2. The van der Waals surface area contributed by atoms with Gasteiger partial charge in [-0.3, -0.25) is 4.79 Å². The number of amides is 1. The number of likely N-dealkylation sites (tertiary alicyclic amines) is 1. The molecule has 1 aromatic heterocycles. The largest absolute Gasteiger partial charge is 0.361 e. The number of aromatic amines is 1. The highest BCUT2D eigenvalue weighted by Gasteiger charge is 2.25. The first-order valence-corrected chi connectivity index (χ1v) is 9.87. The minimum Gasteiger partial charge on any atom is -0.361 e. The normalized spacial score (nSPS) is 16.6. The van der Waals surface area contributed by atoms with Crippen molar-refractivity contribution in [2.24, 2.45) is 0 Å². The van der Waals surface area contributed by atoms with Crippen LogP contribution < -0.4 is 5.32 Å². The molecule has 140 valence electrons. The fourth-order valence-electron chi connectivity index (χ4n) is 4.07. The van der Waals surface area contributed by atoms with E-state index >= 15 is 0 Å². The Bertz CT molecular complexity index is 896. The molecule has 2 atom stereocenters. The van der Waals surface area contributed by atoms with E-state index in [-0.39, 0.29) is 17.9 Å². The topological polar surface area (TPSA) is 48.1 Å². The summed E-state index contributed by atoms with van der Waals surface area (Å²) in [7, 11) is 0. The number of aromatic nitrogens is 1. The van der Waals surface area contributed by atoms with Crippen LogP contribution in [0.5, 0.6) is 0 Å². The number of nitrogens with zero attached hydrogens (tertiary/aromatic N) is 1. The van der Waals surface area contributed by atoms with E-state index in [1.807, 2.05) is 17.9 Å². The van der Waals surface area contributed by atoms with Gasteiger partial charge in [0.15, 0.2) is 0 Å². The van der Waals surface area contributed by atoms with Crippen molar-refractivity contribution in [1.82, 2.24) is 15.2 Å². The van der Waals surface area contributed by atoms with Crippen LogP contribution in [0.15, 0.2) is 60.8 Å². The van der Waals surface area contributed by atoms with Gasteiger partial charge in [-0.2, -0.15) is 0 Å². The summed E-state index contributed by atoms with van der Waals surface area (Å²) >= 11 is 0. The predicted octanol–water partition coefficient (Wildman–Crippen LogP) is 3.90. The maximum atomic E-state index is 12.7. The lowest BCUT2D eigenvalue weighted by Gasteiger charge is -2.24. The number of rotatable bonds is 6. The van der Waals surface area contributed by atoms with Crippen molar-refractivity contribution < 1.29 is 4.79 Å². The quantitative estimate of drug-likeness (QED) is 0.699. The van der Waals surface area contributed by atoms with E-state index in [4.69, 9.17) is 0 Å². The molecule has 3 aromatic rings. The summed E-state index contributed by atoms with van der Waals surface area (Å²) in [5, 5.41) is 4.75. The van der Waals surface area contributed by atoms with Gasteiger partial charge in [0, 0.05) is 42.7 Å². The lowest BCUT2D eigenvalue weighted by Crippen LogP contribution is -2.44. The van der Waals surface area contributed by atoms with Gasteiger partial charge in [0.25, 0.3) is 0 Å². The van der Waals surface area contributed by atoms with Gasteiger partial charge in [-0.1, -0.05) is 48.5 Å². The van der Waals surface area contributed by atoms with Gasteiger partial charge in [-0.25, -0.2) is 0 Å². The van der Waals surface area contributed by atoms with Crippen molar-refractivity contribution in [2.75, 3.05) is 19.6 Å². The molecular formula is C23H27N3O. The van der Waals surface area contributed by atoms with Crippen LogP contribution in [0.4, 0.5) is 0 Å². The Labute approximate surface area is 160 Å². The zero-order valence-electron chi connectivity index (χ0n) is 15.8. The number of nitrogens with one attached hydrogen (secondary N) is 2. The Morgan fingerprint density at radius 2 is 1.78 bits per heavy atom. The number of H-pyrrole nitrogens is 1. The van der Waals surface area contributed by atoms with Crippen molar-refractivity contribution in [3.05, 3.63) is 71.9 Å². The second-order valence-corrected chi connectivity index (χ2v) is 7.42. The molecule has 0 saturated carbocycles. The molecule has 0 radical (unpaired) electrons. The minimum absolute atomic E-state index is 0.167. The van der Waals surface area contributed by atoms with E-state index in [0.717, 1.165) is 38.0 Å². The minimum atomic E-state index is -0.167. The molecular weight excluding hydrogens is 334 g/mol. The highest BCUT2D eigenvalue weighted by Crippen LogP contribution is 2.30. The third-order valence-corrected chi connectivity index (χ3v) is 5.61. The maximum absolute atomic E-state index is 12.7. The van der Waals surface area contributed by atoms with E-state index < -0.39 is 0 Å². The molecule has 4 nitrogen and oxygen atoms in total. The Balaban J connectivity index is 1.57. The van der Waals surface area contributed by atoms with Gasteiger partial charge in [0.1, 0.15) is 0 Å². The zero-order valence-corrected chi connectivity index (χ0v) is 15.8. The summed E-state index contributed by atoms with van der Waals surface area (Å²) in [5.74, 6) is 0.411. The number of hydrogen-bond acceptors (Lipinski definition) is 2. The highest BCUT2D eigenvalue weighted by molar-refractivity contribution is 5.84. The van der Waals surface area contributed by atoms with Gasteiger partial charge >= 0.3 is 0 Å². The monoisotopic (exact) mass is 361 g/mol. The average molecular weight is 361 g/mol. The summed E-state index contributed by atoms with van der Waals surface area (Å²) in [5.41, 5.74) is 3.68. The zero-order chi connectivity index (χ0) is 18.6. The number of hydrogen-bond donors (Lipinski definition) is 2. The van der Waals surface area contributed by atoms with E-state index in [9.17, 15) is 4.79 Å². The van der Waals surface area contributed by atoms with Crippen molar-refractivity contribution in [3.8, 4) is 0 Å². The molecule has 0 spiro atoms. The van der Waals surface area contributed by atoms with Crippen LogP contribution in [0.2, 0.25) is 0 Å². The molecule has 4 rings (SSSR count). The Hall–Kier alpha value is -2.59. The SMILES string of the molecule is C[C@@H](NC[C@@H](c1ccccc1)c1c[nH]c2ccccc12)C(=O)N1CCCC1. The number of carbonyl (C=O) groups excluding carboxylic acids is 1. The summed E-state index contributed by atoms with van der Waals surface area (Å²) in [6.45, 7) is 4.51. The standard InChI is InChI=1S/C23H27N3O/c1-17(23(27)26-13-7-8-14-26)24-15-20(18-9-3-2-4-10-18)21-16-25-22-12-6-5-11-19(21)22/h2-6,9-12,16-17,20,24-25H,7-8,13-15H2,1H3/t17-,20+/m1/s1. The molecule has 2 heterocycles. The first-order chi connectivity index (χ1) is 13.2. The summed E-state index contributed by atoms with van der Waals surface area (Å²) in [6.07, 6.45) is 4.36. The molecule has 0 unspecified atom stereocenters. The first kappa shape index (κ1) is 17.8. The summed E-state index contributed by atoms with van der Waals surface area (Å²) in [6, 6.07) is 18.8. The fraction of sp³-hybridized carbons (Fsp3) is 0.348. The van der Waals surface area contributed by atoms with E-state index in [1.165, 1.54) is 16.5 Å². The Kier molecular flexibility index (Phi) is 5.26. The summed E-state index contributed by atoms with van der Waals surface area (Å²) < 4.78 is 0. The molecule has 1 aliphatic rings. The molecule has 4 heteroatoms. The van der Waals surface area contributed by atoms with Crippen LogP contribution in [-0.4, -0.2) is 41.5 Å². The van der Waals surface area contributed by atoms with Gasteiger partial charge < -0.3 is 15.2 Å². The summed E-state index contributed by atoms with van der Waals surface area (Å²) in [4.78, 5) is 18.0. The Morgan fingerprint density at radius 3 is 2.56 bits per heavy atom. The number of para-hydroxylation sites is 1. The van der Waals surface area contributed by atoms with Crippen LogP contribution in [0.3, 0.4) is 0 Å². The smallest absolute Gasteiger partial charge is 0.239 e. The highest BCUT2D eigenvalue weighted by atomic mass is 16.2. The number of fused-ring (bicyclic) bond motifs is 1. The van der Waals surface area contributed by atoms with Crippen molar-refractivity contribution in [2.45, 2.75) is 31.7 Å². The molecule has 2 aromatic carbocycles. The molecule has 0 bridgehead atoms. The van der Waals surface area contributed by atoms with Crippen molar-refractivity contribution >= 4 is 16.8 Å². The van der Waals surface area contributed by atoms with E-state index in [1.54, 1.807) is 0 Å². The second-order valence-electron chi connectivity index (χ2n) is 7.42. The molecule has 1 saturated heterocycles. The first-order valence-electron chi connectivity index (χ1n) is 9.87. The van der Waals surface area contributed by atoms with Gasteiger partial charge in [0.2, 0.25) is 5.91 Å². The van der Waals surface area contributed by atoms with E-state index in [2.05, 4.69) is 65.0 Å². The molecule has 1 amide bonds. The lowest BCUT2D eigenvalue weighted by molar-refractivity contribution is -0.131.